The molecule has 0 saturated heterocycles. The zero-order valence-electron chi connectivity index (χ0n) is 16.4. The van der Waals surface area contributed by atoms with Crippen molar-refractivity contribution in [2.24, 2.45) is 0 Å². The summed E-state index contributed by atoms with van der Waals surface area (Å²) in [6, 6.07) is 8.50. The lowest BCUT2D eigenvalue weighted by Crippen LogP contribution is -2.41. The van der Waals surface area contributed by atoms with Crippen molar-refractivity contribution in [3.63, 3.8) is 0 Å². The first-order valence-electron chi connectivity index (χ1n) is 9.96. The highest BCUT2D eigenvalue weighted by Crippen LogP contribution is 2.44. The first-order valence-corrected chi connectivity index (χ1v) is 9.96. The van der Waals surface area contributed by atoms with Crippen molar-refractivity contribution < 1.29 is 27.8 Å². The Hall–Kier alpha value is -3.41. The standard InChI is InChI=1S/C22H20F3N3O3/c23-22(24,25)15-8-14(13-3-1-2-4-13)18(29)9-16(15)28-21(30)20-11-27-17-7-12(10-26)5-6-19(17)31-20/h5-9,13,20,27,29H,1-4,11H2,(H,28,30). The first-order chi connectivity index (χ1) is 14.8. The van der Waals surface area contributed by atoms with Crippen LogP contribution in [0.5, 0.6) is 11.5 Å². The number of alkyl halides is 3. The second kappa shape index (κ2) is 8.02. The third-order valence-electron chi connectivity index (χ3n) is 5.67. The number of carbonyl (C=O) groups excluding carboxylic acids is 1. The van der Waals surface area contributed by atoms with Gasteiger partial charge in [0, 0.05) is 6.07 Å². The predicted molar refractivity (Wildman–Crippen MR) is 107 cm³/mol. The summed E-state index contributed by atoms with van der Waals surface area (Å²) in [5.74, 6) is -0.833. The van der Waals surface area contributed by atoms with Gasteiger partial charge in [0.05, 0.1) is 35.1 Å². The number of nitrogens with zero attached hydrogens (tertiary/aromatic N) is 1. The molecule has 2 aromatic rings. The number of hydrogen-bond acceptors (Lipinski definition) is 5. The summed E-state index contributed by atoms with van der Waals surface area (Å²) in [5.41, 5.74) is -0.307. The van der Waals surface area contributed by atoms with Gasteiger partial charge in [0.1, 0.15) is 11.5 Å². The summed E-state index contributed by atoms with van der Waals surface area (Å²) >= 11 is 0. The Morgan fingerprint density at radius 3 is 2.65 bits per heavy atom. The van der Waals surface area contributed by atoms with E-state index in [0.29, 0.717) is 17.0 Å². The molecule has 31 heavy (non-hydrogen) atoms. The molecule has 162 valence electrons. The van der Waals surface area contributed by atoms with Crippen LogP contribution < -0.4 is 15.4 Å². The molecule has 1 aliphatic heterocycles. The van der Waals surface area contributed by atoms with Gasteiger partial charge in [-0.1, -0.05) is 12.8 Å². The molecule has 6 nitrogen and oxygen atoms in total. The second-order valence-electron chi connectivity index (χ2n) is 7.74. The number of fused-ring (bicyclic) bond motifs is 1. The van der Waals surface area contributed by atoms with E-state index in [1.165, 1.54) is 12.1 Å². The molecule has 1 heterocycles. The Labute approximate surface area is 176 Å². The third-order valence-corrected chi connectivity index (χ3v) is 5.67. The topological polar surface area (TPSA) is 94.4 Å². The number of benzene rings is 2. The fourth-order valence-corrected chi connectivity index (χ4v) is 4.10. The Kier molecular flexibility index (Phi) is 5.39. The zero-order chi connectivity index (χ0) is 22.2. The molecule has 0 radical (unpaired) electrons. The molecule has 4 rings (SSSR count). The summed E-state index contributed by atoms with van der Waals surface area (Å²) in [6.45, 7) is 0.0151. The van der Waals surface area contributed by atoms with Crippen molar-refractivity contribution in [2.75, 3.05) is 17.2 Å². The van der Waals surface area contributed by atoms with Gasteiger partial charge in [0.25, 0.3) is 5.91 Å². The minimum absolute atomic E-state index is 0.0151. The van der Waals surface area contributed by atoms with Gasteiger partial charge < -0.3 is 20.5 Å². The third kappa shape index (κ3) is 4.24. The van der Waals surface area contributed by atoms with E-state index >= 15 is 0 Å². The average Bonchev–Trinajstić information content (AvgIpc) is 3.26. The van der Waals surface area contributed by atoms with Gasteiger partial charge in [-0.25, -0.2) is 0 Å². The molecule has 1 atom stereocenters. The normalized spacial score (nSPS) is 18.5. The number of ether oxygens (including phenoxy) is 1. The fraction of sp³-hybridized carbons (Fsp3) is 0.364. The van der Waals surface area contributed by atoms with Crippen LogP contribution in [-0.2, 0) is 11.0 Å². The molecule has 3 N–H and O–H groups in total. The smallest absolute Gasteiger partial charge is 0.418 e. The van der Waals surface area contributed by atoms with Crippen LogP contribution in [0.4, 0.5) is 24.5 Å². The van der Waals surface area contributed by atoms with Crippen LogP contribution >= 0.6 is 0 Å². The SMILES string of the molecule is N#Cc1ccc2c(c1)NCC(C(=O)Nc1cc(O)c(C3CCCC3)cc1C(F)(F)F)O2. The largest absolute Gasteiger partial charge is 0.508 e. The molecular weight excluding hydrogens is 411 g/mol. The molecule has 0 spiro atoms. The minimum atomic E-state index is -4.70. The number of amides is 1. The molecule has 1 unspecified atom stereocenters. The number of halogens is 3. The molecule has 2 aromatic carbocycles. The Balaban J connectivity index is 1.57. The number of phenolic OH excluding ortho intramolecular Hbond substituents is 1. The summed E-state index contributed by atoms with van der Waals surface area (Å²) in [5, 5.41) is 24.5. The molecule has 1 saturated carbocycles. The van der Waals surface area contributed by atoms with Gasteiger partial charge in [-0.3, -0.25) is 4.79 Å². The molecule has 0 aromatic heterocycles. The number of nitrogens with one attached hydrogen (secondary N) is 2. The van der Waals surface area contributed by atoms with Crippen LogP contribution in [0, 0.1) is 11.3 Å². The molecule has 0 bridgehead atoms. The highest BCUT2D eigenvalue weighted by molar-refractivity contribution is 5.96. The van der Waals surface area contributed by atoms with Crippen molar-refractivity contribution >= 4 is 17.3 Å². The quantitative estimate of drug-likeness (QED) is 0.652. The fourth-order valence-electron chi connectivity index (χ4n) is 4.10. The number of nitriles is 1. The van der Waals surface area contributed by atoms with E-state index in [2.05, 4.69) is 10.6 Å². The van der Waals surface area contributed by atoms with E-state index in [9.17, 15) is 23.1 Å². The molecule has 1 amide bonds. The molecule has 9 heteroatoms. The van der Waals surface area contributed by atoms with Crippen molar-refractivity contribution in [3.05, 3.63) is 47.0 Å². The minimum Gasteiger partial charge on any atom is -0.508 e. The highest BCUT2D eigenvalue weighted by atomic mass is 19.4. The van der Waals surface area contributed by atoms with E-state index < -0.39 is 29.4 Å². The number of aromatic hydroxyl groups is 1. The van der Waals surface area contributed by atoms with Gasteiger partial charge in [-0.15, -0.1) is 0 Å². The molecule has 2 aliphatic rings. The monoisotopic (exact) mass is 431 g/mol. The second-order valence-corrected chi connectivity index (χ2v) is 7.74. The number of hydrogen-bond donors (Lipinski definition) is 3. The van der Waals surface area contributed by atoms with Crippen LogP contribution in [0.25, 0.3) is 0 Å². The maximum Gasteiger partial charge on any atom is 0.418 e. The Morgan fingerprint density at radius 1 is 1.23 bits per heavy atom. The van der Waals surface area contributed by atoms with Gasteiger partial charge in [-0.2, -0.15) is 18.4 Å². The van der Waals surface area contributed by atoms with Gasteiger partial charge in [0.15, 0.2) is 6.10 Å². The van der Waals surface area contributed by atoms with Crippen LogP contribution in [-0.4, -0.2) is 23.7 Å². The van der Waals surface area contributed by atoms with Gasteiger partial charge in [-0.05, 0) is 48.6 Å². The van der Waals surface area contributed by atoms with E-state index in [-0.39, 0.29) is 23.8 Å². The van der Waals surface area contributed by atoms with Crippen molar-refractivity contribution in [2.45, 2.75) is 43.9 Å². The Morgan fingerprint density at radius 2 is 1.97 bits per heavy atom. The van der Waals surface area contributed by atoms with Crippen molar-refractivity contribution in [1.29, 1.82) is 5.26 Å². The summed E-state index contributed by atoms with van der Waals surface area (Å²) < 4.78 is 46.7. The lowest BCUT2D eigenvalue weighted by molar-refractivity contribution is -0.137. The predicted octanol–water partition coefficient (Wildman–Crippen LogP) is 4.75. The van der Waals surface area contributed by atoms with Crippen LogP contribution in [0.15, 0.2) is 30.3 Å². The lowest BCUT2D eigenvalue weighted by Gasteiger charge is -2.27. The van der Waals surface area contributed by atoms with E-state index in [0.717, 1.165) is 37.8 Å². The summed E-state index contributed by atoms with van der Waals surface area (Å²) in [4.78, 5) is 12.7. The number of rotatable bonds is 3. The summed E-state index contributed by atoms with van der Waals surface area (Å²) in [7, 11) is 0. The van der Waals surface area contributed by atoms with E-state index in [1.807, 2.05) is 6.07 Å². The zero-order valence-corrected chi connectivity index (χ0v) is 16.4. The molecular formula is C22H20F3N3O3. The van der Waals surface area contributed by atoms with Crippen LogP contribution in [0.1, 0.15) is 48.3 Å². The number of carbonyl (C=O) groups is 1. The maximum absolute atomic E-state index is 13.7. The van der Waals surface area contributed by atoms with Gasteiger partial charge >= 0.3 is 6.18 Å². The van der Waals surface area contributed by atoms with Crippen LogP contribution in [0.3, 0.4) is 0 Å². The lowest BCUT2D eigenvalue weighted by atomic mass is 9.94. The molecule has 1 aliphatic carbocycles. The van der Waals surface area contributed by atoms with E-state index in [1.54, 1.807) is 6.07 Å². The molecule has 1 fully saturated rings. The highest BCUT2D eigenvalue weighted by Gasteiger charge is 2.37. The van der Waals surface area contributed by atoms with Crippen molar-refractivity contribution in [3.8, 4) is 17.6 Å². The Bertz CT molecular complexity index is 1060. The number of phenols is 1. The average molecular weight is 431 g/mol. The van der Waals surface area contributed by atoms with Crippen LogP contribution in [0.2, 0.25) is 0 Å². The first kappa shape index (κ1) is 20.8. The summed E-state index contributed by atoms with van der Waals surface area (Å²) in [6.07, 6.45) is -2.51. The van der Waals surface area contributed by atoms with Gasteiger partial charge in [0.2, 0.25) is 0 Å². The van der Waals surface area contributed by atoms with Crippen molar-refractivity contribution in [1.82, 2.24) is 0 Å². The number of anilines is 2. The maximum atomic E-state index is 13.7. The van der Waals surface area contributed by atoms with E-state index in [4.69, 9.17) is 10.00 Å².